The predicted molar refractivity (Wildman–Crippen MR) is 117 cm³/mol. The quantitative estimate of drug-likeness (QED) is 0.513. The molecular formula is C21H26BrN3O3S. The lowest BCUT2D eigenvalue weighted by Gasteiger charge is -2.17. The highest BCUT2D eigenvalue weighted by atomic mass is 79.9. The van der Waals surface area contributed by atoms with Crippen molar-refractivity contribution in [2.45, 2.75) is 36.7 Å². The number of rotatable bonds is 10. The van der Waals surface area contributed by atoms with Crippen LogP contribution in [0.3, 0.4) is 0 Å². The van der Waals surface area contributed by atoms with E-state index >= 15 is 0 Å². The van der Waals surface area contributed by atoms with E-state index in [0.29, 0.717) is 16.6 Å². The van der Waals surface area contributed by atoms with Crippen LogP contribution in [0, 0.1) is 0 Å². The number of benzene rings is 2. The maximum absolute atomic E-state index is 12.5. The molecule has 0 bridgehead atoms. The second-order valence-electron chi connectivity index (χ2n) is 7.37. The van der Waals surface area contributed by atoms with Gasteiger partial charge in [0.05, 0.1) is 10.5 Å². The van der Waals surface area contributed by atoms with Crippen LogP contribution in [0.4, 0.5) is 0 Å². The largest absolute Gasteiger partial charge is 0.352 e. The van der Waals surface area contributed by atoms with Gasteiger partial charge in [0.1, 0.15) is 0 Å². The first-order chi connectivity index (χ1) is 13.8. The Hall–Kier alpha value is -1.74. The Morgan fingerprint density at radius 2 is 1.90 bits per heavy atom. The lowest BCUT2D eigenvalue weighted by molar-refractivity contribution is 0.0951. The Morgan fingerprint density at radius 1 is 1.17 bits per heavy atom. The molecule has 2 N–H and O–H groups in total. The van der Waals surface area contributed by atoms with Gasteiger partial charge in [-0.2, -0.15) is 0 Å². The van der Waals surface area contributed by atoms with Crippen LogP contribution in [0.5, 0.6) is 0 Å². The highest BCUT2D eigenvalue weighted by molar-refractivity contribution is 9.10. The first-order valence-electron chi connectivity index (χ1n) is 9.68. The van der Waals surface area contributed by atoms with E-state index in [1.54, 1.807) is 6.07 Å². The summed E-state index contributed by atoms with van der Waals surface area (Å²) in [4.78, 5) is 14.9. The SMILES string of the molecule is CN(CCCNC(=O)c1cc(S(=O)(=O)NC2CC2)ccc1Br)Cc1ccccc1. The first-order valence-corrected chi connectivity index (χ1v) is 12.0. The number of hydrogen-bond acceptors (Lipinski definition) is 4. The lowest BCUT2D eigenvalue weighted by atomic mass is 10.2. The summed E-state index contributed by atoms with van der Waals surface area (Å²) in [6.07, 6.45) is 2.53. The Balaban J connectivity index is 1.50. The molecule has 0 atom stereocenters. The van der Waals surface area contributed by atoms with Gasteiger partial charge in [-0.05, 0) is 72.5 Å². The van der Waals surface area contributed by atoms with E-state index in [-0.39, 0.29) is 16.8 Å². The molecule has 0 unspecified atom stereocenters. The molecule has 3 rings (SSSR count). The van der Waals surface area contributed by atoms with E-state index in [0.717, 1.165) is 32.4 Å². The van der Waals surface area contributed by atoms with Gasteiger partial charge in [0.25, 0.3) is 5.91 Å². The fourth-order valence-corrected chi connectivity index (χ4v) is 4.71. The van der Waals surface area contributed by atoms with Gasteiger partial charge < -0.3 is 10.2 Å². The fourth-order valence-electron chi connectivity index (χ4n) is 2.95. The molecular weight excluding hydrogens is 454 g/mol. The van der Waals surface area contributed by atoms with E-state index < -0.39 is 10.0 Å². The summed E-state index contributed by atoms with van der Waals surface area (Å²) in [6, 6.07) is 14.8. The Bertz CT molecular complexity index is 947. The summed E-state index contributed by atoms with van der Waals surface area (Å²) in [7, 11) is -1.55. The van der Waals surface area contributed by atoms with Crippen LogP contribution < -0.4 is 10.0 Å². The van der Waals surface area contributed by atoms with Gasteiger partial charge in [-0.3, -0.25) is 4.79 Å². The maximum Gasteiger partial charge on any atom is 0.252 e. The number of halogens is 1. The summed E-state index contributed by atoms with van der Waals surface area (Å²) < 4.78 is 28.0. The molecule has 0 heterocycles. The predicted octanol–water partition coefficient (Wildman–Crippen LogP) is 3.14. The summed E-state index contributed by atoms with van der Waals surface area (Å²) in [5, 5.41) is 2.88. The van der Waals surface area contributed by atoms with Crippen molar-refractivity contribution in [1.82, 2.24) is 14.9 Å². The highest BCUT2D eigenvalue weighted by Gasteiger charge is 2.28. The van der Waals surface area contributed by atoms with Crippen molar-refractivity contribution < 1.29 is 13.2 Å². The molecule has 0 radical (unpaired) electrons. The summed E-state index contributed by atoms with van der Waals surface area (Å²) in [5.41, 5.74) is 1.57. The molecule has 8 heteroatoms. The zero-order valence-electron chi connectivity index (χ0n) is 16.4. The van der Waals surface area contributed by atoms with Crippen LogP contribution in [-0.2, 0) is 16.6 Å². The summed E-state index contributed by atoms with van der Waals surface area (Å²) >= 11 is 3.35. The zero-order chi connectivity index (χ0) is 20.9. The topological polar surface area (TPSA) is 78.5 Å². The number of carbonyl (C=O) groups excluding carboxylic acids is 1. The number of nitrogens with one attached hydrogen (secondary N) is 2. The number of amides is 1. The second kappa shape index (κ2) is 9.84. The lowest BCUT2D eigenvalue weighted by Crippen LogP contribution is -2.29. The van der Waals surface area contributed by atoms with E-state index in [4.69, 9.17) is 0 Å². The van der Waals surface area contributed by atoms with Crippen molar-refractivity contribution in [3.8, 4) is 0 Å². The number of nitrogens with zero attached hydrogens (tertiary/aromatic N) is 1. The van der Waals surface area contributed by atoms with Gasteiger partial charge >= 0.3 is 0 Å². The third kappa shape index (κ3) is 6.64. The molecule has 0 aromatic heterocycles. The summed E-state index contributed by atoms with van der Waals surface area (Å²) in [5.74, 6) is -0.286. The van der Waals surface area contributed by atoms with Crippen molar-refractivity contribution in [2.75, 3.05) is 20.1 Å². The molecule has 0 saturated heterocycles. The minimum Gasteiger partial charge on any atom is -0.352 e. The van der Waals surface area contributed by atoms with E-state index in [1.165, 1.54) is 17.7 Å². The van der Waals surface area contributed by atoms with E-state index in [1.807, 2.05) is 25.2 Å². The molecule has 0 aliphatic heterocycles. The molecule has 1 fully saturated rings. The zero-order valence-corrected chi connectivity index (χ0v) is 18.8. The van der Waals surface area contributed by atoms with Crippen molar-refractivity contribution in [3.63, 3.8) is 0 Å². The van der Waals surface area contributed by atoms with Crippen molar-refractivity contribution in [1.29, 1.82) is 0 Å². The van der Waals surface area contributed by atoms with Gasteiger partial charge in [0.2, 0.25) is 10.0 Å². The molecule has 2 aromatic carbocycles. The standard InChI is InChI=1S/C21H26BrN3O3S/c1-25(15-16-6-3-2-4-7-16)13-5-12-23-21(26)19-14-18(10-11-20(19)22)29(27,28)24-17-8-9-17/h2-4,6-7,10-11,14,17,24H,5,8-9,12-13,15H2,1H3,(H,23,26). The number of sulfonamides is 1. The fraction of sp³-hybridized carbons (Fsp3) is 0.381. The average molecular weight is 480 g/mol. The molecule has 1 aliphatic rings. The normalized spacial score (nSPS) is 14.2. The van der Waals surface area contributed by atoms with Crippen molar-refractivity contribution >= 4 is 31.9 Å². The molecule has 1 saturated carbocycles. The van der Waals surface area contributed by atoms with Crippen LogP contribution in [-0.4, -0.2) is 45.4 Å². The Labute approximate surface area is 180 Å². The number of carbonyl (C=O) groups is 1. The molecule has 1 amide bonds. The number of hydrogen-bond donors (Lipinski definition) is 2. The van der Waals surface area contributed by atoms with Crippen LogP contribution in [0.2, 0.25) is 0 Å². The van der Waals surface area contributed by atoms with E-state index in [2.05, 4.69) is 43.0 Å². The van der Waals surface area contributed by atoms with Crippen molar-refractivity contribution in [3.05, 3.63) is 64.1 Å². The minimum absolute atomic E-state index is 0.0220. The van der Waals surface area contributed by atoms with Gasteiger partial charge in [-0.1, -0.05) is 30.3 Å². The minimum atomic E-state index is -3.59. The van der Waals surface area contributed by atoms with Crippen LogP contribution in [0.1, 0.15) is 35.2 Å². The second-order valence-corrected chi connectivity index (χ2v) is 9.94. The smallest absolute Gasteiger partial charge is 0.252 e. The molecule has 0 spiro atoms. The molecule has 29 heavy (non-hydrogen) atoms. The molecule has 1 aliphatic carbocycles. The third-order valence-corrected chi connectivity index (χ3v) is 6.90. The van der Waals surface area contributed by atoms with Gasteiger partial charge in [0, 0.05) is 23.6 Å². The van der Waals surface area contributed by atoms with Crippen LogP contribution >= 0.6 is 15.9 Å². The Kier molecular flexibility index (Phi) is 7.45. The third-order valence-electron chi connectivity index (χ3n) is 4.69. The monoisotopic (exact) mass is 479 g/mol. The van der Waals surface area contributed by atoms with Crippen LogP contribution in [0.15, 0.2) is 57.9 Å². The van der Waals surface area contributed by atoms with Gasteiger partial charge in [-0.15, -0.1) is 0 Å². The van der Waals surface area contributed by atoms with Gasteiger partial charge in [0.15, 0.2) is 0 Å². The molecule has 6 nitrogen and oxygen atoms in total. The highest BCUT2D eigenvalue weighted by Crippen LogP contribution is 2.25. The van der Waals surface area contributed by atoms with E-state index in [9.17, 15) is 13.2 Å². The first kappa shape index (κ1) is 22.0. The summed E-state index contributed by atoms with van der Waals surface area (Å²) in [6.45, 7) is 2.21. The van der Waals surface area contributed by atoms with Crippen LogP contribution in [0.25, 0.3) is 0 Å². The Morgan fingerprint density at radius 3 is 2.59 bits per heavy atom. The average Bonchev–Trinajstić information content (AvgIpc) is 3.49. The van der Waals surface area contributed by atoms with Gasteiger partial charge in [-0.25, -0.2) is 13.1 Å². The van der Waals surface area contributed by atoms with Crippen molar-refractivity contribution in [2.24, 2.45) is 0 Å². The molecule has 156 valence electrons. The molecule has 2 aromatic rings. The maximum atomic E-state index is 12.5.